The molecule has 0 bridgehead atoms. The molecule has 8 nitrogen and oxygen atoms in total. The van der Waals surface area contributed by atoms with E-state index in [1.54, 1.807) is 6.92 Å². The van der Waals surface area contributed by atoms with Crippen LogP contribution < -0.4 is 11.1 Å². The first-order valence-corrected chi connectivity index (χ1v) is 9.71. The van der Waals surface area contributed by atoms with Crippen LogP contribution in [0.1, 0.15) is 34.7 Å². The quantitative estimate of drug-likeness (QED) is 0.546. The van der Waals surface area contributed by atoms with E-state index in [4.69, 9.17) is 22.6 Å². The molecule has 0 spiro atoms. The molecule has 1 aromatic carbocycles. The maximum Gasteiger partial charge on any atom is 0.446 e. The van der Waals surface area contributed by atoms with Crippen LogP contribution in [0.2, 0.25) is 5.02 Å². The second-order valence-corrected chi connectivity index (χ2v) is 7.75. The number of aromatic nitrogens is 4. The summed E-state index contributed by atoms with van der Waals surface area (Å²) in [7, 11) is 0. The van der Waals surface area contributed by atoms with Crippen molar-refractivity contribution in [3.63, 3.8) is 0 Å². The number of nitrogens with two attached hydrogens (primary N) is 1. The number of hydrogen-bond acceptors (Lipinski definition) is 7. The number of rotatable bonds is 5. The molecule has 1 amide bonds. The molecule has 0 saturated heterocycles. The van der Waals surface area contributed by atoms with Crippen molar-refractivity contribution in [2.75, 3.05) is 5.73 Å². The first-order chi connectivity index (χ1) is 14.6. The fraction of sp³-hybridized carbons (Fsp3) is 0.167. The highest BCUT2D eigenvalue weighted by Crippen LogP contribution is 2.38. The number of nitrogen functional groups attached to an aromatic ring is 1. The Morgan fingerprint density at radius 1 is 1.35 bits per heavy atom. The Hall–Kier alpha value is -3.30. The van der Waals surface area contributed by atoms with Gasteiger partial charge < -0.3 is 11.1 Å². The Labute approximate surface area is 183 Å². The molecule has 0 saturated carbocycles. The van der Waals surface area contributed by atoms with Crippen molar-refractivity contribution in [3.05, 3.63) is 58.5 Å². The SMILES string of the molecule is C[C@H](NC(=O)c1cc(Cl)cc(SC(F)(F)F)c1)c1nc(N)nn1-c1ccc(C#N)cn1. The van der Waals surface area contributed by atoms with E-state index in [1.165, 1.54) is 29.1 Å². The smallest absolute Gasteiger partial charge is 0.366 e. The lowest BCUT2D eigenvalue weighted by molar-refractivity contribution is -0.0328. The van der Waals surface area contributed by atoms with E-state index in [0.717, 1.165) is 12.1 Å². The van der Waals surface area contributed by atoms with E-state index in [-0.39, 0.29) is 39.0 Å². The van der Waals surface area contributed by atoms with E-state index >= 15 is 0 Å². The summed E-state index contributed by atoms with van der Waals surface area (Å²) in [5, 5.41) is 15.5. The summed E-state index contributed by atoms with van der Waals surface area (Å²) >= 11 is 5.50. The zero-order chi connectivity index (χ0) is 22.8. The van der Waals surface area contributed by atoms with Crippen LogP contribution in [0.15, 0.2) is 41.4 Å². The Kier molecular flexibility index (Phi) is 6.37. The van der Waals surface area contributed by atoms with E-state index in [9.17, 15) is 18.0 Å². The van der Waals surface area contributed by atoms with Gasteiger partial charge in [0.1, 0.15) is 6.07 Å². The van der Waals surface area contributed by atoms with Gasteiger partial charge in [0.15, 0.2) is 11.6 Å². The number of alkyl halides is 3. The van der Waals surface area contributed by atoms with Crippen LogP contribution in [-0.4, -0.2) is 31.2 Å². The van der Waals surface area contributed by atoms with Gasteiger partial charge in [0.05, 0.1) is 11.6 Å². The largest absolute Gasteiger partial charge is 0.446 e. The Bertz CT molecular complexity index is 1160. The van der Waals surface area contributed by atoms with Crippen LogP contribution in [0.25, 0.3) is 5.82 Å². The molecule has 0 fully saturated rings. The van der Waals surface area contributed by atoms with Crippen molar-refractivity contribution in [3.8, 4) is 11.9 Å². The van der Waals surface area contributed by atoms with Crippen LogP contribution in [0.3, 0.4) is 0 Å². The van der Waals surface area contributed by atoms with E-state index in [1.807, 2.05) is 6.07 Å². The number of pyridine rings is 1. The standard InChI is InChI=1S/C18H13ClF3N7OS/c1-9(15-27-17(24)28-29(15)14-3-2-10(7-23)8-25-14)26-16(30)11-4-12(19)6-13(5-11)31-18(20,21)22/h2-6,8-9H,1H3,(H2,24,28)(H,26,30)/t9-/m0/s1. The third-order valence-electron chi connectivity index (χ3n) is 3.84. The molecule has 0 aliphatic heterocycles. The van der Waals surface area contributed by atoms with Crippen LogP contribution in [0, 0.1) is 11.3 Å². The Balaban J connectivity index is 1.84. The van der Waals surface area contributed by atoms with Gasteiger partial charge in [-0.25, -0.2) is 4.98 Å². The molecular weight excluding hydrogens is 455 g/mol. The second-order valence-electron chi connectivity index (χ2n) is 6.18. The number of nitriles is 1. The van der Waals surface area contributed by atoms with Crippen molar-refractivity contribution >= 4 is 35.2 Å². The van der Waals surface area contributed by atoms with Crippen molar-refractivity contribution in [2.24, 2.45) is 0 Å². The molecule has 0 unspecified atom stereocenters. The van der Waals surface area contributed by atoms with Crippen molar-refractivity contribution in [1.29, 1.82) is 5.26 Å². The van der Waals surface area contributed by atoms with Gasteiger partial charge >= 0.3 is 5.51 Å². The van der Waals surface area contributed by atoms with Gasteiger partial charge in [-0.15, -0.1) is 5.10 Å². The monoisotopic (exact) mass is 467 g/mol. The van der Waals surface area contributed by atoms with E-state index < -0.39 is 17.5 Å². The van der Waals surface area contributed by atoms with Gasteiger partial charge in [0.2, 0.25) is 5.95 Å². The highest BCUT2D eigenvalue weighted by molar-refractivity contribution is 8.00. The molecule has 3 aromatic rings. The average Bonchev–Trinajstić information content (AvgIpc) is 3.08. The number of thioether (sulfide) groups is 1. The summed E-state index contributed by atoms with van der Waals surface area (Å²) in [4.78, 5) is 20.6. The van der Waals surface area contributed by atoms with Gasteiger partial charge in [0, 0.05) is 21.7 Å². The molecule has 160 valence electrons. The van der Waals surface area contributed by atoms with Crippen LogP contribution in [-0.2, 0) is 0 Å². The van der Waals surface area contributed by atoms with Gasteiger partial charge in [0.25, 0.3) is 5.91 Å². The molecule has 0 aliphatic carbocycles. The molecule has 1 atom stereocenters. The van der Waals surface area contributed by atoms with Crippen molar-refractivity contribution < 1.29 is 18.0 Å². The first-order valence-electron chi connectivity index (χ1n) is 8.52. The average molecular weight is 468 g/mol. The minimum Gasteiger partial charge on any atom is -0.366 e. The molecule has 2 aromatic heterocycles. The van der Waals surface area contributed by atoms with Gasteiger partial charge in [-0.1, -0.05) is 11.6 Å². The van der Waals surface area contributed by atoms with Crippen molar-refractivity contribution in [1.82, 2.24) is 25.1 Å². The van der Waals surface area contributed by atoms with Gasteiger partial charge in [-0.3, -0.25) is 4.79 Å². The predicted octanol–water partition coefficient (Wildman–Crippen LogP) is 3.87. The number of nitrogens with zero attached hydrogens (tertiary/aromatic N) is 5. The fourth-order valence-corrected chi connectivity index (χ4v) is 3.54. The van der Waals surface area contributed by atoms with E-state index in [0.29, 0.717) is 11.4 Å². The molecule has 0 aliphatic rings. The number of carbonyl (C=O) groups is 1. The maximum atomic E-state index is 12.7. The maximum absolute atomic E-state index is 12.7. The number of amides is 1. The lowest BCUT2D eigenvalue weighted by Gasteiger charge is -2.15. The summed E-state index contributed by atoms with van der Waals surface area (Å²) in [6.45, 7) is 1.59. The lowest BCUT2D eigenvalue weighted by atomic mass is 10.2. The molecule has 3 N–H and O–H groups in total. The normalized spacial score (nSPS) is 12.3. The summed E-state index contributed by atoms with van der Waals surface area (Å²) < 4.78 is 39.3. The number of benzene rings is 1. The first kappa shape index (κ1) is 22.4. The third kappa shape index (κ3) is 5.65. The van der Waals surface area contributed by atoms with Crippen LogP contribution in [0.5, 0.6) is 0 Å². The van der Waals surface area contributed by atoms with Gasteiger partial charge in [-0.2, -0.15) is 28.1 Å². The lowest BCUT2D eigenvalue weighted by Crippen LogP contribution is -2.29. The minimum absolute atomic E-state index is 0.0127. The molecule has 2 heterocycles. The van der Waals surface area contributed by atoms with Crippen molar-refractivity contribution in [2.45, 2.75) is 23.4 Å². The number of anilines is 1. The molecular formula is C18H13ClF3N7OS. The fourth-order valence-electron chi connectivity index (χ4n) is 2.60. The van der Waals surface area contributed by atoms with Gasteiger partial charge in [-0.05, 0) is 49.0 Å². The summed E-state index contributed by atoms with van der Waals surface area (Å²) in [6.07, 6.45) is 1.34. The Morgan fingerprint density at radius 3 is 2.71 bits per heavy atom. The molecule has 0 radical (unpaired) electrons. The second kappa shape index (κ2) is 8.83. The summed E-state index contributed by atoms with van der Waals surface area (Å²) in [5.74, 6) is -0.199. The third-order valence-corrected chi connectivity index (χ3v) is 4.77. The minimum atomic E-state index is -4.52. The molecule has 31 heavy (non-hydrogen) atoms. The summed E-state index contributed by atoms with van der Waals surface area (Å²) in [5.41, 5.74) is 1.46. The topological polar surface area (TPSA) is 123 Å². The predicted molar refractivity (Wildman–Crippen MR) is 108 cm³/mol. The molecule has 13 heteroatoms. The van der Waals surface area contributed by atoms with Crippen LogP contribution in [0.4, 0.5) is 19.1 Å². The number of hydrogen-bond donors (Lipinski definition) is 2. The number of halogens is 4. The highest BCUT2D eigenvalue weighted by atomic mass is 35.5. The highest BCUT2D eigenvalue weighted by Gasteiger charge is 2.30. The summed E-state index contributed by atoms with van der Waals surface area (Å²) in [6, 6.07) is 7.72. The molecule has 3 rings (SSSR count). The van der Waals surface area contributed by atoms with E-state index in [2.05, 4.69) is 20.4 Å². The van der Waals surface area contributed by atoms with Crippen LogP contribution >= 0.6 is 23.4 Å². The number of carbonyl (C=O) groups excluding carboxylic acids is 1. The Morgan fingerprint density at radius 2 is 2.10 bits per heavy atom. The number of nitrogens with one attached hydrogen (secondary N) is 1. The zero-order valence-corrected chi connectivity index (χ0v) is 17.3. The zero-order valence-electron chi connectivity index (χ0n) is 15.7.